The van der Waals surface area contributed by atoms with Crippen molar-refractivity contribution in [1.29, 1.82) is 0 Å². The van der Waals surface area contributed by atoms with Crippen LogP contribution in [0.25, 0.3) is 0 Å². The highest BCUT2D eigenvalue weighted by Gasteiger charge is 2.48. The minimum Gasteiger partial charge on any atom is -0.361 e. The number of aryl methyl sites for hydroxylation is 1. The molecule has 2 aliphatic rings. The van der Waals surface area contributed by atoms with Gasteiger partial charge < -0.3 is 9.84 Å². The molecule has 1 saturated carbocycles. The Balaban J connectivity index is 1.59. The number of nitrogens with zero attached hydrogens (tertiary/aromatic N) is 2. The Labute approximate surface area is 150 Å². The molecule has 0 bridgehead atoms. The summed E-state index contributed by atoms with van der Waals surface area (Å²) >= 11 is 0. The molecule has 0 saturated heterocycles. The molecule has 0 aliphatic heterocycles. The van der Waals surface area contributed by atoms with Crippen molar-refractivity contribution in [3.8, 4) is 0 Å². The Morgan fingerprint density at radius 1 is 1.38 bits per heavy atom. The first-order valence-electron chi connectivity index (χ1n) is 8.39. The van der Waals surface area contributed by atoms with E-state index in [-0.39, 0.29) is 12.6 Å². The van der Waals surface area contributed by atoms with Crippen LogP contribution in [0, 0.1) is 5.92 Å². The van der Waals surface area contributed by atoms with E-state index >= 15 is 0 Å². The van der Waals surface area contributed by atoms with Crippen molar-refractivity contribution in [1.82, 2.24) is 19.5 Å². The van der Waals surface area contributed by atoms with E-state index in [1.54, 1.807) is 0 Å². The van der Waals surface area contributed by atoms with E-state index in [0.717, 1.165) is 9.87 Å². The van der Waals surface area contributed by atoms with Gasteiger partial charge in [0.05, 0.1) is 6.54 Å². The Kier molecular flexibility index (Phi) is 5.06. The van der Waals surface area contributed by atoms with Gasteiger partial charge >= 0.3 is 0 Å². The molecule has 0 spiro atoms. The molecule has 1 unspecified atom stereocenters. The quantitative estimate of drug-likeness (QED) is 0.737. The summed E-state index contributed by atoms with van der Waals surface area (Å²) in [6.45, 7) is 0.0763. The first-order valence-corrected chi connectivity index (χ1v) is 9.83. The molecule has 0 aromatic carbocycles. The molecule has 11 heteroatoms. The van der Waals surface area contributed by atoms with Gasteiger partial charge in [0.25, 0.3) is 10.2 Å². The molecule has 1 aromatic heterocycles. The van der Waals surface area contributed by atoms with E-state index < -0.39 is 40.8 Å². The molecule has 8 nitrogen and oxygen atoms in total. The number of aromatic nitrogens is 1. The fourth-order valence-electron chi connectivity index (χ4n) is 3.18. The van der Waals surface area contributed by atoms with E-state index in [1.165, 1.54) is 14.1 Å². The van der Waals surface area contributed by atoms with Crippen molar-refractivity contribution in [2.45, 2.75) is 50.6 Å². The van der Waals surface area contributed by atoms with Crippen molar-refractivity contribution in [3.63, 3.8) is 0 Å². The van der Waals surface area contributed by atoms with Crippen molar-refractivity contribution < 1.29 is 26.5 Å². The Morgan fingerprint density at radius 3 is 2.69 bits per heavy atom. The van der Waals surface area contributed by atoms with E-state index in [0.29, 0.717) is 30.7 Å². The molecule has 2 N–H and O–H groups in total. The molecule has 1 fully saturated rings. The first kappa shape index (κ1) is 19.2. The summed E-state index contributed by atoms with van der Waals surface area (Å²) in [5, 5.41) is 6.56. The largest absolute Gasteiger partial charge is 0.361 e. The topological polar surface area (TPSA) is 105 Å². The van der Waals surface area contributed by atoms with Gasteiger partial charge in [0.15, 0.2) is 0 Å². The van der Waals surface area contributed by atoms with E-state index in [4.69, 9.17) is 4.52 Å². The van der Waals surface area contributed by atoms with Crippen molar-refractivity contribution in [2.75, 3.05) is 14.1 Å². The average Bonchev–Trinajstić information content (AvgIpc) is 2.92. The SMILES string of the molecule is CN(C)S(=O)(=O)NC1CCc2onc(CNC(=O)C3CC(F)(F)C3)c2C1. The van der Waals surface area contributed by atoms with E-state index in [9.17, 15) is 22.0 Å². The van der Waals surface area contributed by atoms with Crippen molar-refractivity contribution in [3.05, 3.63) is 17.0 Å². The predicted molar refractivity (Wildman–Crippen MR) is 87.6 cm³/mol. The van der Waals surface area contributed by atoms with Crippen molar-refractivity contribution >= 4 is 16.1 Å². The second kappa shape index (κ2) is 6.86. The van der Waals surface area contributed by atoms with Crippen LogP contribution in [-0.4, -0.2) is 49.8 Å². The molecular formula is C15H22F2N4O4S. The Morgan fingerprint density at radius 2 is 2.08 bits per heavy atom. The molecule has 1 atom stereocenters. The number of rotatable bonds is 6. The predicted octanol–water partition coefficient (Wildman–Crippen LogP) is 0.589. The lowest BCUT2D eigenvalue weighted by Gasteiger charge is -2.33. The zero-order valence-corrected chi connectivity index (χ0v) is 15.4. The maximum absolute atomic E-state index is 12.9. The van der Waals surface area contributed by atoms with E-state index in [2.05, 4.69) is 15.2 Å². The van der Waals surface area contributed by atoms with Gasteiger partial charge in [0.1, 0.15) is 11.5 Å². The smallest absolute Gasteiger partial charge is 0.279 e. The van der Waals surface area contributed by atoms with Gasteiger partial charge in [-0.25, -0.2) is 8.78 Å². The number of nitrogens with one attached hydrogen (secondary N) is 2. The van der Waals surface area contributed by atoms with Crippen LogP contribution in [-0.2, 0) is 34.4 Å². The van der Waals surface area contributed by atoms with Gasteiger partial charge in [-0.3, -0.25) is 4.79 Å². The van der Waals surface area contributed by atoms with Gasteiger partial charge in [-0.1, -0.05) is 5.16 Å². The number of alkyl halides is 2. The third kappa shape index (κ3) is 4.04. The van der Waals surface area contributed by atoms with Gasteiger partial charge in [-0.15, -0.1) is 0 Å². The maximum Gasteiger partial charge on any atom is 0.279 e. The Hall–Kier alpha value is -1.59. The van der Waals surface area contributed by atoms with Gasteiger partial charge in [-0.05, 0) is 12.8 Å². The van der Waals surface area contributed by atoms with Crippen LogP contribution in [0.1, 0.15) is 36.3 Å². The van der Waals surface area contributed by atoms with Gasteiger partial charge in [0, 0.05) is 50.9 Å². The highest BCUT2D eigenvalue weighted by atomic mass is 32.2. The lowest BCUT2D eigenvalue weighted by molar-refractivity contribution is -0.150. The number of hydrogen-bond acceptors (Lipinski definition) is 5. The number of amides is 1. The lowest BCUT2D eigenvalue weighted by Crippen LogP contribution is -2.45. The van der Waals surface area contributed by atoms with Gasteiger partial charge in [-0.2, -0.15) is 17.4 Å². The molecule has 1 amide bonds. The highest BCUT2D eigenvalue weighted by Crippen LogP contribution is 2.42. The van der Waals surface area contributed by atoms with E-state index in [1.807, 2.05) is 0 Å². The van der Waals surface area contributed by atoms with Crippen LogP contribution in [0.15, 0.2) is 4.52 Å². The number of carbonyl (C=O) groups excluding carboxylic acids is 1. The number of hydrogen-bond donors (Lipinski definition) is 2. The highest BCUT2D eigenvalue weighted by molar-refractivity contribution is 7.87. The third-order valence-corrected chi connectivity index (χ3v) is 6.40. The minimum absolute atomic E-state index is 0.0763. The fourth-order valence-corrected chi connectivity index (χ4v) is 4.01. The van der Waals surface area contributed by atoms with Gasteiger partial charge in [0.2, 0.25) is 11.8 Å². The molecule has 1 aromatic rings. The molecule has 3 rings (SSSR count). The van der Waals surface area contributed by atoms with Crippen LogP contribution in [0.4, 0.5) is 8.78 Å². The second-order valence-corrected chi connectivity index (χ2v) is 8.97. The van der Waals surface area contributed by atoms with Crippen LogP contribution in [0.2, 0.25) is 0 Å². The standard InChI is InChI=1S/C15H22F2N4O4S/c1-21(2)26(23,24)20-10-3-4-13-11(5-10)12(19-25-13)8-18-14(22)9-6-15(16,17)7-9/h9-10,20H,3-8H2,1-2H3,(H,18,22). The van der Waals surface area contributed by atoms with Crippen LogP contribution in [0.5, 0.6) is 0 Å². The molecule has 0 radical (unpaired) electrons. The molecule has 146 valence electrons. The normalized spacial score (nSPS) is 22.7. The van der Waals surface area contributed by atoms with Crippen LogP contribution in [0.3, 0.4) is 0 Å². The summed E-state index contributed by atoms with van der Waals surface area (Å²) < 4.78 is 58.7. The van der Waals surface area contributed by atoms with Crippen LogP contribution >= 0.6 is 0 Å². The summed E-state index contributed by atoms with van der Waals surface area (Å²) in [5.41, 5.74) is 1.27. The Bertz CT molecular complexity index is 786. The summed E-state index contributed by atoms with van der Waals surface area (Å²) in [4.78, 5) is 11.9. The third-order valence-electron chi connectivity index (χ3n) is 4.81. The minimum atomic E-state index is -3.55. The number of carbonyl (C=O) groups is 1. The first-order chi connectivity index (χ1) is 12.1. The summed E-state index contributed by atoms with van der Waals surface area (Å²) in [6, 6.07) is -0.297. The summed E-state index contributed by atoms with van der Waals surface area (Å²) in [6.07, 6.45) is 0.664. The molecule has 2 aliphatic carbocycles. The zero-order valence-electron chi connectivity index (χ0n) is 14.6. The summed E-state index contributed by atoms with van der Waals surface area (Å²) in [7, 11) is -0.658. The fraction of sp³-hybridized carbons (Fsp3) is 0.733. The van der Waals surface area contributed by atoms with Crippen molar-refractivity contribution in [2.24, 2.45) is 5.92 Å². The second-order valence-electron chi connectivity index (χ2n) is 7.05. The molecule has 1 heterocycles. The monoisotopic (exact) mass is 392 g/mol. The average molecular weight is 392 g/mol. The molecule has 26 heavy (non-hydrogen) atoms. The van der Waals surface area contributed by atoms with Crippen LogP contribution < -0.4 is 10.0 Å². The number of fused-ring (bicyclic) bond motifs is 1. The molecular weight excluding hydrogens is 370 g/mol. The zero-order chi connectivity index (χ0) is 19.1. The summed E-state index contributed by atoms with van der Waals surface area (Å²) in [5.74, 6) is -3.17. The lowest BCUT2D eigenvalue weighted by atomic mass is 9.81. The number of halogens is 2. The maximum atomic E-state index is 12.9.